The average molecular weight is 189 g/mol. The van der Waals surface area contributed by atoms with Gasteiger partial charge in [0.15, 0.2) is 0 Å². The third-order valence-electron chi connectivity index (χ3n) is 1.14. The number of hydrogen-bond acceptors (Lipinski definition) is 4. The Morgan fingerprint density at radius 2 is 2.45 bits per heavy atom. The van der Waals surface area contributed by atoms with E-state index in [4.69, 9.17) is 0 Å². The predicted molar refractivity (Wildman–Crippen MR) is 49.7 cm³/mol. The third kappa shape index (κ3) is 2.75. The van der Waals surface area contributed by atoms with Gasteiger partial charge in [0.25, 0.3) is 0 Å². The fourth-order valence-electron chi connectivity index (χ4n) is 0.743. The molecule has 5 heteroatoms. The molecule has 0 bridgehead atoms. The Balaban J connectivity index is 2.51. The van der Waals surface area contributed by atoms with Crippen molar-refractivity contribution in [2.24, 2.45) is 0 Å². The molecule has 11 heavy (non-hydrogen) atoms. The highest BCUT2D eigenvalue weighted by Crippen LogP contribution is 2.25. The normalized spacial score (nSPS) is 10.4. The van der Waals surface area contributed by atoms with Gasteiger partial charge in [0.05, 0.1) is 6.20 Å². The summed E-state index contributed by atoms with van der Waals surface area (Å²) in [6.07, 6.45) is 5.11. The molecule has 0 aliphatic carbocycles. The molecular formula is C6H11N3S2. The zero-order valence-electron chi connectivity index (χ0n) is 6.65. The SMILES string of the molecule is CCCn1cc(SSC)nn1. The Morgan fingerprint density at radius 1 is 1.64 bits per heavy atom. The molecule has 62 valence electrons. The van der Waals surface area contributed by atoms with Crippen LogP contribution in [0.1, 0.15) is 13.3 Å². The Kier molecular flexibility index (Phi) is 3.79. The van der Waals surface area contributed by atoms with Gasteiger partial charge in [0.2, 0.25) is 0 Å². The zero-order chi connectivity index (χ0) is 8.10. The lowest BCUT2D eigenvalue weighted by Crippen LogP contribution is -1.96. The van der Waals surface area contributed by atoms with Crippen molar-refractivity contribution in [3.05, 3.63) is 6.20 Å². The molecule has 0 fully saturated rings. The number of rotatable bonds is 4. The number of aryl methyl sites for hydroxylation is 1. The van der Waals surface area contributed by atoms with Crippen LogP contribution in [0.25, 0.3) is 0 Å². The molecule has 0 amide bonds. The van der Waals surface area contributed by atoms with Crippen molar-refractivity contribution in [3.8, 4) is 0 Å². The van der Waals surface area contributed by atoms with E-state index in [1.54, 1.807) is 21.6 Å². The molecular weight excluding hydrogens is 178 g/mol. The molecule has 0 aliphatic rings. The van der Waals surface area contributed by atoms with Crippen molar-refractivity contribution in [2.75, 3.05) is 6.26 Å². The molecule has 1 rings (SSSR count). The van der Waals surface area contributed by atoms with Gasteiger partial charge in [-0.3, -0.25) is 4.68 Å². The maximum Gasteiger partial charge on any atom is 0.149 e. The van der Waals surface area contributed by atoms with E-state index in [0.29, 0.717) is 0 Å². The molecule has 1 aromatic heterocycles. The summed E-state index contributed by atoms with van der Waals surface area (Å²) in [6.45, 7) is 3.09. The summed E-state index contributed by atoms with van der Waals surface area (Å²) in [5.41, 5.74) is 0. The van der Waals surface area contributed by atoms with E-state index >= 15 is 0 Å². The fourth-order valence-corrected chi connectivity index (χ4v) is 1.89. The van der Waals surface area contributed by atoms with Crippen molar-refractivity contribution < 1.29 is 0 Å². The minimum atomic E-state index is 0.960. The minimum absolute atomic E-state index is 0.960. The van der Waals surface area contributed by atoms with Crippen LogP contribution >= 0.6 is 21.6 Å². The van der Waals surface area contributed by atoms with E-state index in [2.05, 4.69) is 17.2 Å². The molecule has 1 aromatic rings. The minimum Gasteiger partial charge on any atom is -0.251 e. The average Bonchev–Trinajstić information content (AvgIpc) is 2.38. The summed E-state index contributed by atoms with van der Waals surface area (Å²) in [6, 6.07) is 0. The maximum absolute atomic E-state index is 3.98. The maximum atomic E-state index is 3.98. The summed E-state index contributed by atoms with van der Waals surface area (Å²) in [5.74, 6) is 0. The van der Waals surface area contributed by atoms with Crippen LogP contribution < -0.4 is 0 Å². The summed E-state index contributed by atoms with van der Waals surface area (Å²) in [7, 11) is 3.33. The first kappa shape index (κ1) is 8.93. The monoisotopic (exact) mass is 189 g/mol. The van der Waals surface area contributed by atoms with Gasteiger partial charge in [0.1, 0.15) is 5.03 Å². The van der Waals surface area contributed by atoms with Crippen LogP contribution in [0.15, 0.2) is 11.2 Å². The largest absolute Gasteiger partial charge is 0.251 e. The first-order valence-corrected chi connectivity index (χ1v) is 6.03. The third-order valence-corrected chi connectivity index (χ3v) is 2.68. The standard InChI is InChI=1S/C6H11N3S2/c1-3-4-9-5-6(7-8-9)11-10-2/h5H,3-4H2,1-2H3. The van der Waals surface area contributed by atoms with E-state index in [-0.39, 0.29) is 0 Å². The second kappa shape index (κ2) is 4.66. The van der Waals surface area contributed by atoms with Crippen LogP contribution in [-0.2, 0) is 6.54 Å². The van der Waals surface area contributed by atoms with Crippen molar-refractivity contribution in [2.45, 2.75) is 24.9 Å². The molecule has 0 unspecified atom stereocenters. The highest BCUT2D eigenvalue weighted by molar-refractivity contribution is 8.76. The molecule has 0 atom stereocenters. The summed E-state index contributed by atoms with van der Waals surface area (Å²) in [4.78, 5) is 0. The van der Waals surface area contributed by atoms with Crippen molar-refractivity contribution >= 4 is 21.6 Å². The van der Waals surface area contributed by atoms with Gasteiger partial charge in [-0.05, 0) is 23.5 Å². The summed E-state index contributed by atoms with van der Waals surface area (Å²) < 4.78 is 1.87. The quantitative estimate of drug-likeness (QED) is 0.678. The first-order valence-electron chi connectivity index (χ1n) is 3.47. The van der Waals surface area contributed by atoms with Crippen LogP contribution in [0.5, 0.6) is 0 Å². The fraction of sp³-hybridized carbons (Fsp3) is 0.667. The molecule has 3 nitrogen and oxygen atoms in total. The molecule has 0 radical (unpaired) electrons. The molecule has 0 aliphatic heterocycles. The Hall–Kier alpha value is -0.160. The van der Waals surface area contributed by atoms with E-state index in [1.807, 2.05) is 17.1 Å². The lowest BCUT2D eigenvalue weighted by Gasteiger charge is -1.91. The lowest BCUT2D eigenvalue weighted by atomic mass is 10.5. The topological polar surface area (TPSA) is 30.7 Å². The van der Waals surface area contributed by atoms with Crippen LogP contribution in [-0.4, -0.2) is 21.2 Å². The molecule has 0 saturated heterocycles. The predicted octanol–water partition coefficient (Wildman–Crippen LogP) is 2.06. The second-order valence-corrected chi connectivity index (χ2v) is 4.49. The van der Waals surface area contributed by atoms with Crippen molar-refractivity contribution in [1.82, 2.24) is 15.0 Å². The second-order valence-electron chi connectivity index (χ2n) is 2.07. The number of nitrogens with zero attached hydrogens (tertiary/aromatic N) is 3. The van der Waals surface area contributed by atoms with Gasteiger partial charge in [-0.2, -0.15) is 0 Å². The van der Waals surface area contributed by atoms with E-state index < -0.39 is 0 Å². The molecule has 0 aromatic carbocycles. The van der Waals surface area contributed by atoms with Crippen LogP contribution in [0.3, 0.4) is 0 Å². The Labute approximate surface area is 74.3 Å². The first-order chi connectivity index (χ1) is 5.36. The molecule has 0 N–H and O–H groups in total. The van der Waals surface area contributed by atoms with E-state index in [9.17, 15) is 0 Å². The van der Waals surface area contributed by atoms with Gasteiger partial charge in [-0.1, -0.05) is 22.9 Å². The highest BCUT2D eigenvalue weighted by atomic mass is 33.1. The van der Waals surface area contributed by atoms with Gasteiger partial charge in [-0.25, -0.2) is 0 Å². The van der Waals surface area contributed by atoms with Gasteiger partial charge >= 0.3 is 0 Å². The Morgan fingerprint density at radius 3 is 3.09 bits per heavy atom. The summed E-state index contributed by atoms with van der Waals surface area (Å²) >= 11 is 0. The van der Waals surface area contributed by atoms with Gasteiger partial charge in [0, 0.05) is 6.54 Å². The van der Waals surface area contributed by atoms with Crippen LogP contribution in [0.4, 0.5) is 0 Å². The summed E-state index contributed by atoms with van der Waals surface area (Å²) in [5, 5.41) is 8.93. The number of aromatic nitrogens is 3. The van der Waals surface area contributed by atoms with Gasteiger partial charge < -0.3 is 0 Å². The van der Waals surface area contributed by atoms with E-state index in [0.717, 1.165) is 18.0 Å². The molecule has 0 spiro atoms. The lowest BCUT2D eigenvalue weighted by molar-refractivity contribution is 0.578. The molecule has 0 saturated carbocycles. The van der Waals surface area contributed by atoms with E-state index in [1.165, 1.54) is 0 Å². The van der Waals surface area contributed by atoms with Crippen LogP contribution in [0.2, 0.25) is 0 Å². The Bertz CT molecular complexity index is 191. The van der Waals surface area contributed by atoms with Gasteiger partial charge in [-0.15, -0.1) is 5.10 Å². The van der Waals surface area contributed by atoms with Crippen LogP contribution in [0, 0.1) is 0 Å². The number of hydrogen-bond donors (Lipinski definition) is 0. The van der Waals surface area contributed by atoms with Crippen molar-refractivity contribution in [1.29, 1.82) is 0 Å². The smallest absolute Gasteiger partial charge is 0.149 e. The highest BCUT2D eigenvalue weighted by Gasteiger charge is 1.98. The zero-order valence-corrected chi connectivity index (χ0v) is 8.28. The molecule has 1 heterocycles. The van der Waals surface area contributed by atoms with Crippen molar-refractivity contribution in [3.63, 3.8) is 0 Å².